The van der Waals surface area contributed by atoms with Gasteiger partial charge in [0.1, 0.15) is 0 Å². The third-order valence-corrected chi connectivity index (χ3v) is 4.75. The molecule has 3 aromatic carbocycles. The molecule has 0 saturated carbocycles. The highest BCUT2D eigenvalue weighted by Crippen LogP contribution is 2.19. The summed E-state index contributed by atoms with van der Waals surface area (Å²) >= 11 is 0. The van der Waals surface area contributed by atoms with E-state index in [0.717, 1.165) is 27.4 Å². The summed E-state index contributed by atoms with van der Waals surface area (Å²) in [6.07, 6.45) is 1.52. The van der Waals surface area contributed by atoms with E-state index < -0.39 is 0 Å². The van der Waals surface area contributed by atoms with E-state index in [-0.39, 0.29) is 16.8 Å². The average molecular weight is 327 g/mol. The third-order valence-electron chi connectivity index (χ3n) is 4.75. The van der Waals surface area contributed by atoms with Gasteiger partial charge in [0.2, 0.25) is 5.43 Å². The Morgan fingerprint density at radius 3 is 2.40 bits per heavy atom. The molecule has 0 aliphatic rings. The van der Waals surface area contributed by atoms with Gasteiger partial charge in [-0.05, 0) is 53.9 Å². The van der Waals surface area contributed by atoms with E-state index in [9.17, 15) is 9.59 Å². The van der Waals surface area contributed by atoms with Crippen LogP contribution in [0.2, 0.25) is 0 Å². The number of carbonyl (C=O) groups excluding carboxylic acids is 1. The first kappa shape index (κ1) is 15.3. The molecule has 3 heteroatoms. The number of hydrogen-bond acceptors (Lipinski definition) is 2. The number of H-pyrrole nitrogens is 1. The Balaban J connectivity index is 1.87. The van der Waals surface area contributed by atoms with Crippen LogP contribution in [0.4, 0.5) is 0 Å². The molecule has 1 N–H and O–H groups in total. The van der Waals surface area contributed by atoms with Gasteiger partial charge in [-0.2, -0.15) is 0 Å². The maximum atomic E-state index is 12.9. The van der Waals surface area contributed by atoms with Gasteiger partial charge in [-0.25, -0.2) is 0 Å². The zero-order valence-electron chi connectivity index (χ0n) is 14.1. The Morgan fingerprint density at radius 1 is 0.880 bits per heavy atom. The molecule has 0 saturated heterocycles. The molecular formula is C22H17NO2. The van der Waals surface area contributed by atoms with Gasteiger partial charge >= 0.3 is 0 Å². The zero-order valence-corrected chi connectivity index (χ0v) is 14.1. The molecule has 0 spiro atoms. The Bertz CT molecular complexity index is 1200. The van der Waals surface area contributed by atoms with Crippen LogP contribution in [0.15, 0.2) is 65.6 Å². The highest BCUT2D eigenvalue weighted by atomic mass is 16.1. The fourth-order valence-electron chi connectivity index (χ4n) is 3.14. The number of benzene rings is 3. The van der Waals surface area contributed by atoms with Crippen molar-refractivity contribution < 1.29 is 4.79 Å². The number of nitrogens with one attached hydrogen (secondary N) is 1. The second kappa shape index (κ2) is 5.71. The van der Waals surface area contributed by atoms with Crippen LogP contribution in [-0.2, 0) is 0 Å². The molecular weight excluding hydrogens is 310 g/mol. The first-order chi connectivity index (χ1) is 12.0. The molecule has 4 rings (SSSR count). The number of pyridine rings is 1. The Hall–Kier alpha value is -3.20. The van der Waals surface area contributed by atoms with E-state index in [1.807, 2.05) is 62.4 Å². The largest absolute Gasteiger partial charge is 0.360 e. The lowest BCUT2D eigenvalue weighted by atomic mass is 9.98. The van der Waals surface area contributed by atoms with Crippen LogP contribution < -0.4 is 5.43 Å². The Labute approximate surface area is 144 Å². The number of fused-ring (bicyclic) bond motifs is 2. The molecule has 0 amide bonds. The minimum absolute atomic E-state index is 0.172. The first-order valence-electron chi connectivity index (χ1n) is 8.21. The van der Waals surface area contributed by atoms with Crippen LogP contribution in [0.1, 0.15) is 27.0 Å². The number of rotatable bonds is 2. The molecule has 3 nitrogen and oxygen atoms in total. The number of aromatic nitrogens is 1. The van der Waals surface area contributed by atoms with Crippen molar-refractivity contribution in [3.63, 3.8) is 0 Å². The molecule has 0 radical (unpaired) electrons. The van der Waals surface area contributed by atoms with Crippen molar-refractivity contribution in [3.05, 3.63) is 93.3 Å². The second-order valence-corrected chi connectivity index (χ2v) is 6.40. The summed E-state index contributed by atoms with van der Waals surface area (Å²) in [4.78, 5) is 28.8. The quantitative estimate of drug-likeness (QED) is 0.550. The van der Waals surface area contributed by atoms with Crippen LogP contribution in [0.3, 0.4) is 0 Å². The van der Waals surface area contributed by atoms with Gasteiger partial charge in [0.25, 0.3) is 0 Å². The Morgan fingerprint density at radius 2 is 1.60 bits per heavy atom. The predicted molar refractivity (Wildman–Crippen MR) is 101 cm³/mol. The van der Waals surface area contributed by atoms with E-state index in [1.165, 1.54) is 6.20 Å². The number of aromatic amines is 1. The topological polar surface area (TPSA) is 49.9 Å². The maximum absolute atomic E-state index is 12.9. The van der Waals surface area contributed by atoms with E-state index in [1.54, 1.807) is 6.07 Å². The van der Waals surface area contributed by atoms with E-state index in [0.29, 0.717) is 10.9 Å². The highest BCUT2D eigenvalue weighted by molar-refractivity contribution is 6.11. The molecule has 0 aliphatic heterocycles. The second-order valence-electron chi connectivity index (χ2n) is 6.40. The van der Waals surface area contributed by atoms with E-state index >= 15 is 0 Å². The summed E-state index contributed by atoms with van der Waals surface area (Å²) in [5.41, 5.74) is 3.36. The summed E-state index contributed by atoms with van der Waals surface area (Å²) < 4.78 is 0. The summed E-state index contributed by atoms with van der Waals surface area (Å²) in [5, 5.41) is 2.60. The normalized spacial score (nSPS) is 11.1. The van der Waals surface area contributed by atoms with E-state index in [2.05, 4.69) is 4.98 Å². The van der Waals surface area contributed by atoms with Gasteiger partial charge < -0.3 is 4.98 Å². The highest BCUT2D eigenvalue weighted by Gasteiger charge is 2.16. The molecule has 4 aromatic rings. The standard InChI is InChI=1S/C22H17NO2/c1-13-9-18-20(10-14(13)2)23-12-19(22(18)25)21(24)17-8-7-15-5-3-4-6-16(15)11-17/h3-12H,1-2H3,(H,23,25). The average Bonchev–Trinajstić information content (AvgIpc) is 2.63. The lowest BCUT2D eigenvalue weighted by molar-refractivity contribution is 0.103. The SMILES string of the molecule is Cc1cc2[nH]cc(C(=O)c3ccc4ccccc4c3)c(=O)c2cc1C. The maximum Gasteiger partial charge on any atom is 0.200 e. The predicted octanol–water partition coefficient (Wildman–Crippen LogP) is 4.53. The summed E-state index contributed by atoms with van der Waals surface area (Å²) in [7, 11) is 0. The summed E-state index contributed by atoms with van der Waals surface area (Å²) in [6, 6.07) is 17.2. The molecule has 122 valence electrons. The first-order valence-corrected chi connectivity index (χ1v) is 8.21. The molecule has 25 heavy (non-hydrogen) atoms. The van der Waals surface area contributed by atoms with Crippen molar-refractivity contribution >= 4 is 27.5 Å². The monoisotopic (exact) mass is 327 g/mol. The fraction of sp³-hybridized carbons (Fsp3) is 0.0909. The molecule has 1 aromatic heterocycles. The smallest absolute Gasteiger partial charge is 0.200 e. The third kappa shape index (κ3) is 2.54. The zero-order chi connectivity index (χ0) is 17.6. The molecule has 0 aliphatic carbocycles. The minimum Gasteiger partial charge on any atom is -0.360 e. The van der Waals surface area contributed by atoms with Crippen molar-refractivity contribution in [3.8, 4) is 0 Å². The van der Waals surface area contributed by atoms with Gasteiger partial charge in [-0.1, -0.05) is 36.4 Å². The van der Waals surface area contributed by atoms with Crippen LogP contribution in [-0.4, -0.2) is 10.8 Å². The number of aryl methyl sites for hydroxylation is 2. The molecule has 0 bridgehead atoms. The van der Waals surface area contributed by atoms with Crippen LogP contribution in [0.5, 0.6) is 0 Å². The summed E-state index contributed by atoms with van der Waals surface area (Å²) in [6.45, 7) is 3.97. The van der Waals surface area contributed by atoms with Crippen LogP contribution in [0, 0.1) is 13.8 Å². The van der Waals surface area contributed by atoms with Gasteiger partial charge in [0, 0.05) is 22.7 Å². The van der Waals surface area contributed by atoms with Gasteiger partial charge in [0.05, 0.1) is 5.56 Å². The molecule has 0 unspecified atom stereocenters. The molecule has 0 fully saturated rings. The minimum atomic E-state index is -0.257. The van der Waals surface area contributed by atoms with Gasteiger partial charge in [-0.15, -0.1) is 0 Å². The van der Waals surface area contributed by atoms with E-state index in [4.69, 9.17) is 0 Å². The Kier molecular flexibility index (Phi) is 3.50. The van der Waals surface area contributed by atoms with Crippen molar-refractivity contribution in [2.24, 2.45) is 0 Å². The number of carbonyl (C=O) groups is 1. The fourth-order valence-corrected chi connectivity index (χ4v) is 3.14. The van der Waals surface area contributed by atoms with Gasteiger partial charge in [-0.3, -0.25) is 9.59 Å². The van der Waals surface area contributed by atoms with Gasteiger partial charge in [0.15, 0.2) is 5.78 Å². The van der Waals surface area contributed by atoms with Crippen LogP contribution >= 0.6 is 0 Å². The van der Waals surface area contributed by atoms with Crippen molar-refractivity contribution in [2.75, 3.05) is 0 Å². The lowest BCUT2D eigenvalue weighted by Crippen LogP contribution is -2.17. The van der Waals surface area contributed by atoms with Crippen molar-refractivity contribution in [1.82, 2.24) is 4.98 Å². The van der Waals surface area contributed by atoms with Crippen molar-refractivity contribution in [2.45, 2.75) is 13.8 Å². The molecule has 1 heterocycles. The lowest BCUT2D eigenvalue weighted by Gasteiger charge is -2.07. The molecule has 0 atom stereocenters. The number of ketones is 1. The van der Waals surface area contributed by atoms with Crippen molar-refractivity contribution in [1.29, 1.82) is 0 Å². The van der Waals surface area contributed by atoms with Crippen LogP contribution in [0.25, 0.3) is 21.7 Å². The number of hydrogen-bond donors (Lipinski definition) is 1. The summed E-state index contributed by atoms with van der Waals surface area (Å²) in [5.74, 6) is -0.257.